The third-order valence-electron chi connectivity index (χ3n) is 1.33. The number of H-pyrrole nitrogens is 1. The molecule has 0 fully saturated rings. The summed E-state index contributed by atoms with van der Waals surface area (Å²) < 4.78 is 11.7. The number of aryl methyl sites for hydroxylation is 1. The van der Waals surface area contributed by atoms with Gasteiger partial charge in [-0.15, -0.1) is 0 Å². The second-order valence-corrected chi connectivity index (χ2v) is 2.22. The maximum Gasteiger partial charge on any atom is 0.344 e. The largest absolute Gasteiger partial charge is 0.344 e. The average Bonchev–Trinajstić information content (AvgIpc) is 2.04. The maximum absolute atomic E-state index is 11.7. The molecule has 0 aliphatic rings. The molecule has 0 amide bonds. The number of nitrogens with zero attached hydrogens (tertiary/aromatic N) is 1. The predicted octanol–water partition coefficient (Wildman–Crippen LogP) is 0.672. The Labute approximate surface area is 63.3 Å². The van der Waals surface area contributed by atoms with E-state index in [0.29, 0.717) is 12.8 Å². The Hall–Kier alpha value is -1.19. The third kappa shape index (κ3) is 2.49. The van der Waals surface area contributed by atoms with E-state index in [2.05, 4.69) is 9.97 Å². The van der Waals surface area contributed by atoms with Crippen LogP contribution in [0.15, 0.2) is 17.2 Å². The lowest BCUT2D eigenvalue weighted by Gasteiger charge is -1.94. The molecule has 11 heavy (non-hydrogen) atoms. The van der Waals surface area contributed by atoms with Crippen LogP contribution in [-0.2, 0) is 6.42 Å². The quantitative estimate of drug-likeness (QED) is 0.699. The van der Waals surface area contributed by atoms with Gasteiger partial charge in [-0.2, -0.15) is 0 Å². The van der Waals surface area contributed by atoms with Crippen molar-refractivity contribution in [2.75, 3.05) is 6.67 Å². The molecule has 1 N–H and O–H groups in total. The van der Waals surface area contributed by atoms with Crippen molar-refractivity contribution in [3.63, 3.8) is 0 Å². The molecule has 0 radical (unpaired) electrons. The number of alkyl halides is 1. The van der Waals surface area contributed by atoms with Gasteiger partial charge in [-0.1, -0.05) is 0 Å². The fraction of sp³-hybridized carbons (Fsp3) is 0.429. The van der Waals surface area contributed by atoms with Crippen LogP contribution in [0.2, 0.25) is 0 Å². The average molecular weight is 156 g/mol. The fourth-order valence-corrected chi connectivity index (χ4v) is 0.778. The molecule has 0 unspecified atom stereocenters. The lowest BCUT2D eigenvalue weighted by atomic mass is 10.2. The molecule has 1 aromatic heterocycles. The van der Waals surface area contributed by atoms with Crippen molar-refractivity contribution in [2.45, 2.75) is 12.8 Å². The van der Waals surface area contributed by atoms with E-state index in [1.165, 1.54) is 6.20 Å². The van der Waals surface area contributed by atoms with Gasteiger partial charge in [0.15, 0.2) is 0 Å². The first-order valence-corrected chi connectivity index (χ1v) is 3.42. The van der Waals surface area contributed by atoms with E-state index in [-0.39, 0.29) is 12.4 Å². The van der Waals surface area contributed by atoms with Gasteiger partial charge in [0, 0.05) is 12.4 Å². The van der Waals surface area contributed by atoms with Crippen LogP contribution < -0.4 is 5.69 Å². The van der Waals surface area contributed by atoms with Crippen LogP contribution in [0, 0.1) is 0 Å². The minimum Gasteiger partial charge on any atom is -0.312 e. The van der Waals surface area contributed by atoms with E-state index in [4.69, 9.17) is 0 Å². The van der Waals surface area contributed by atoms with Gasteiger partial charge in [-0.25, -0.2) is 9.78 Å². The van der Waals surface area contributed by atoms with Crippen molar-refractivity contribution < 1.29 is 4.39 Å². The van der Waals surface area contributed by atoms with E-state index < -0.39 is 0 Å². The minimum absolute atomic E-state index is 0.334. The number of aromatic nitrogens is 2. The zero-order valence-corrected chi connectivity index (χ0v) is 6.01. The van der Waals surface area contributed by atoms with Crippen LogP contribution in [0.5, 0.6) is 0 Å². The van der Waals surface area contributed by atoms with Crippen molar-refractivity contribution in [3.8, 4) is 0 Å². The number of rotatable bonds is 3. The Morgan fingerprint density at radius 1 is 1.64 bits per heavy atom. The summed E-state index contributed by atoms with van der Waals surface area (Å²) in [5.74, 6) is 0. The first-order valence-electron chi connectivity index (χ1n) is 3.42. The molecule has 1 aromatic rings. The van der Waals surface area contributed by atoms with Crippen molar-refractivity contribution in [1.29, 1.82) is 0 Å². The fourth-order valence-electron chi connectivity index (χ4n) is 0.778. The molecule has 3 nitrogen and oxygen atoms in total. The lowest BCUT2D eigenvalue weighted by Crippen LogP contribution is -2.09. The zero-order valence-electron chi connectivity index (χ0n) is 6.01. The summed E-state index contributed by atoms with van der Waals surface area (Å²) in [4.78, 5) is 16.4. The highest BCUT2D eigenvalue weighted by molar-refractivity contribution is 5.01. The molecule has 4 heteroatoms. The number of hydrogen-bond acceptors (Lipinski definition) is 2. The molecule has 0 bridgehead atoms. The van der Waals surface area contributed by atoms with Crippen LogP contribution >= 0.6 is 0 Å². The Bertz CT molecular complexity index is 251. The van der Waals surface area contributed by atoms with Gasteiger partial charge in [0.1, 0.15) is 0 Å². The third-order valence-corrected chi connectivity index (χ3v) is 1.33. The van der Waals surface area contributed by atoms with Crippen LogP contribution in [0.3, 0.4) is 0 Å². The van der Waals surface area contributed by atoms with E-state index >= 15 is 0 Å². The highest BCUT2D eigenvalue weighted by Crippen LogP contribution is 1.96. The molecular formula is C7H9FN2O. The van der Waals surface area contributed by atoms with Gasteiger partial charge in [0.2, 0.25) is 0 Å². The summed E-state index contributed by atoms with van der Waals surface area (Å²) in [7, 11) is 0. The summed E-state index contributed by atoms with van der Waals surface area (Å²) in [5.41, 5.74) is 0.497. The highest BCUT2D eigenvalue weighted by Gasteiger charge is 1.92. The van der Waals surface area contributed by atoms with Gasteiger partial charge in [0.05, 0.1) is 6.67 Å². The zero-order chi connectivity index (χ0) is 8.10. The molecule has 0 atom stereocenters. The Morgan fingerprint density at radius 3 is 3.00 bits per heavy atom. The van der Waals surface area contributed by atoms with Crippen molar-refractivity contribution in [2.24, 2.45) is 0 Å². The maximum atomic E-state index is 11.7. The Balaban J connectivity index is 2.59. The van der Waals surface area contributed by atoms with Crippen molar-refractivity contribution >= 4 is 0 Å². The highest BCUT2D eigenvalue weighted by atomic mass is 19.1. The molecule has 60 valence electrons. The van der Waals surface area contributed by atoms with Crippen molar-refractivity contribution in [3.05, 3.63) is 28.4 Å². The number of halogens is 1. The second-order valence-electron chi connectivity index (χ2n) is 2.22. The number of nitrogens with one attached hydrogen (secondary N) is 1. The van der Waals surface area contributed by atoms with Gasteiger partial charge < -0.3 is 4.98 Å². The predicted molar refractivity (Wildman–Crippen MR) is 39.2 cm³/mol. The van der Waals surface area contributed by atoms with E-state index in [0.717, 1.165) is 5.56 Å². The number of aromatic amines is 1. The van der Waals surface area contributed by atoms with E-state index in [1.807, 2.05) is 0 Å². The van der Waals surface area contributed by atoms with Gasteiger partial charge in [-0.3, -0.25) is 4.39 Å². The van der Waals surface area contributed by atoms with E-state index in [9.17, 15) is 9.18 Å². The number of hydrogen-bond donors (Lipinski definition) is 1. The van der Waals surface area contributed by atoms with Crippen LogP contribution in [0.25, 0.3) is 0 Å². The molecule has 1 rings (SSSR count). The molecule has 0 saturated heterocycles. The molecule has 0 spiro atoms. The first kappa shape index (κ1) is 7.91. The van der Waals surface area contributed by atoms with Crippen LogP contribution in [-0.4, -0.2) is 16.6 Å². The van der Waals surface area contributed by atoms with E-state index in [1.54, 1.807) is 6.20 Å². The second kappa shape index (κ2) is 3.85. The van der Waals surface area contributed by atoms with Gasteiger partial charge >= 0.3 is 5.69 Å². The Kier molecular flexibility index (Phi) is 2.77. The lowest BCUT2D eigenvalue weighted by molar-refractivity contribution is 0.472. The molecule has 1 heterocycles. The smallest absolute Gasteiger partial charge is 0.312 e. The van der Waals surface area contributed by atoms with Gasteiger partial charge in [0.25, 0.3) is 0 Å². The topological polar surface area (TPSA) is 45.8 Å². The van der Waals surface area contributed by atoms with Crippen LogP contribution in [0.4, 0.5) is 4.39 Å². The normalized spacial score (nSPS) is 9.91. The molecule has 0 saturated carbocycles. The summed E-state index contributed by atoms with van der Waals surface area (Å²) in [6.07, 6.45) is 4.13. The SMILES string of the molecule is O=c1ncc(CCCF)c[nH]1. The summed E-state index contributed by atoms with van der Waals surface area (Å²) in [6, 6.07) is 0. The van der Waals surface area contributed by atoms with Crippen LogP contribution in [0.1, 0.15) is 12.0 Å². The minimum atomic E-state index is -0.367. The molecule has 0 aliphatic heterocycles. The van der Waals surface area contributed by atoms with Gasteiger partial charge in [-0.05, 0) is 18.4 Å². The first-order chi connectivity index (χ1) is 5.33. The summed E-state index contributed by atoms with van der Waals surface area (Å²) in [5, 5.41) is 0. The summed E-state index contributed by atoms with van der Waals surface area (Å²) in [6.45, 7) is -0.334. The summed E-state index contributed by atoms with van der Waals surface area (Å²) >= 11 is 0. The Morgan fingerprint density at radius 2 is 2.45 bits per heavy atom. The van der Waals surface area contributed by atoms with Crippen molar-refractivity contribution in [1.82, 2.24) is 9.97 Å². The molecular weight excluding hydrogens is 147 g/mol. The standard InChI is InChI=1S/C7H9FN2O/c8-3-1-2-6-4-9-7(11)10-5-6/h4-5H,1-3H2,(H,9,10,11). The molecule has 0 aromatic carbocycles. The monoisotopic (exact) mass is 156 g/mol. The molecule has 0 aliphatic carbocycles.